The molecule has 21 heavy (non-hydrogen) atoms. The second-order valence-electron chi connectivity index (χ2n) is 4.82. The van der Waals surface area contributed by atoms with E-state index in [0.717, 1.165) is 6.26 Å². The van der Waals surface area contributed by atoms with E-state index in [1.807, 2.05) is 0 Å². The van der Waals surface area contributed by atoms with Gasteiger partial charge in [-0.15, -0.1) is 0 Å². The van der Waals surface area contributed by atoms with E-state index in [0.29, 0.717) is 29.2 Å². The highest BCUT2D eigenvalue weighted by molar-refractivity contribution is 7.91. The zero-order valence-corrected chi connectivity index (χ0v) is 12.4. The Morgan fingerprint density at radius 1 is 1.38 bits per heavy atom. The largest absolute Gasteiger partial charge is 0.444 e. The topological polar surface area (TPSA) is 104 Å². The third-order valence-corrected chi connectivity index (χ3v) is 4.26. The van der Waals surface area contributed by atoms with Crippen LogP contribution >= 0.6 is 0 Å². The molecule has 0 saturated carbocycles. The van der Waals surface area contributed by atoms with Crippen LogP contribution in [0.15, 0.2) is 33.7 Å². The highest BCUT2D eigenvalue weighted by Crippen LogP contribution is 2.25. The predicted octanol–water partition coefficient (Wildman–Crippen LogP) is 1.37. The Bertz CT molecular complexity index is 924. The molecule has 0 aliphatic carbocycles. The molecule has 2 aromatic heterocycles. The van der Waals surface area contributed by atoms with Crippen LogP contribution in [0.2, 0.25) is 0 Å². The summed E-state index contributed by atoms with van der Waals surface area (Å²) in [6, 6.07) is 4.95. The number of sulfone groups is 1. The van der Waals surface area contributed by atoms with Crippen LogP contribution in [0.4, 0.5) is 5.95 Å². The number of nitrogen functional groups attached to an aromatic ring is 1. The van der Waals surface area contributed by atoms with Crippen molar-refractivity contribution in [1.29, 1.82) is 0 Å². The lowest BCUT2D eigenvalue weighted by Crippen LogP contribution is -2.04. The molecule has 3 aromatic rings. The van der Waals surface area contributed by atoms with Crippen molar-refractivity contribution < 1.29 is 12.8 Å². The zero-order valence-electron chi connectivity index (χ0n) is 11.6. The van der Waals surface area contributed by atoms with Crippen LogP contribution < -0.4 is 5.73 Å². The summed E-state index contributed by atoms with van der Waals surface area (Å²) in [7, 11) is -3.37. The number of anilines is 1. The van der Waals surface area contributed by atoms with Gasteiger partial charge in [-0.05, 0) is 19.1 Å². The molecule has 110 valence electrons. The van der Waals surface area contributed by atoms with Crippen molar-refractivity contribution in [2.45, 2.75) is 18.4 Å². The molecule has 0 bridgehead atoms. The van der Waals surface area contributed by atoms with E-state index in [9.17, 15) is 8.42 Å². The number of benzene rings is 1. The Balaban J connectivity index is 2.18. The molecule has 0 aliphatic rings. The second kappa shape index (κ2) is 4.59. The van der Waals surface area contributed by atoms with Crippen LogP contribution in [0.25, 0.3) is 11.0 Å². The summed E-state index contributed by atoms with van der Waals surface area (Å²) in [5, 5.41) is 0. The number of nitrogens with two attached hydrogens (primary N) is 1. The van der Waals surface area contributed by atoms with Crippen LogP contribution in [-0.2, 0) is 16.4 Å². The number of rotatable bonds is 3. The van der Waals surface area contributed by atoms with Crippen molar-refractivity contribution in [3.05, 3.63) is 36.0 Å². The lowest BCUT2D eigenvalue weighted by molar-refractivity contribution is 0.461. The van der Waals surface area contributed by atoms with E-state index < -0.39 is 9.84 Å². The van der Waals surface area contributed by atoms with Gasteiger partial charge in [-0.3, -0.25) is 0 Å². The van der Waals surface area contributed by atoms with E-state index in [1.54, 1.807) is 29.8 Å². The van der Waals surface area contributed by atoms with Crippen molar-refractivity contribution in [2.75, 3.05) is 12.0 Å². The molecule has 2 N–H and O–H groups in total. The molecule has 0 atom stereocenters. The molecular formula is C13H14N4O3S. The molecule has 0 fully saturated rings. The Morgan fingerprint density at radius 2 is 2.14 bits per heavy atom. The Labute approximate surface area is 121 Å². The average molecular weight is 306 g/mol. The molecule has 0 aliphatic heterocycles. The van der Waals surface area contributed by atoms with Crippen LogP contribution in [0.3, 0.4) is 0 Å². The van der Waals surface area contributed by atoms with E-state index in [1.165, 1.54) is 6.07 Å². The maximum Gasteiger partial charge on any atom is 0.214 e. The van der Waals surface area contributed by atoms with Crippen LogP contribution in [0, 0.1) is 6.92 Å². The molecular weight excluding hydrogens is 292 g/mol. The van der Waals surface area contributed by atoms with Crippen molar-refractivity contribution in [3.8, 4) is 0 Å². The van der Waals surface area contributed by atoms with Crippen molar-refractivity contribution in [3.63, 3.8) is 0 Å². The first-order valence-corrected chi connectivity index (χ1v) is 8.11. The van der Waals surface area contributed by atoms with Crippen LogP contribution in [0.5, 0.6) is 0 Å². The lowest BCUT2D eigenvalue weighted by atomic mass is 10.3. The van der Waals surface area contributed by atoms with Crippen molar-refractivity contribution in [2.24, 2.45) is 0 Å². The first-order valence-electron chi connectivity index (χ1n) is 6.22. The summed E-state index contributed by atoms with van der Waals surface area (Å²) in [6.45, 7) is 2.09. The molecule has 2 heterocycles. The Kier molecular flexibility index (Phi) is 2.98. The predicted molar refractivity (Wildman–Crippen MR) is 77.6 cm³/mol. The highest BCUT2D eigenvalue weighted by atomic mass is 32.2. The molecule has 0 saturated heterocycles. The summed E-state index contributed by atoms with van der Waals surface area (Å²) in [4.78, 5) is 8.46. The summed E-state index contributed by atoms with van der Waals surface area (Å²) in [6.07, 6.45) is 2.76. The Hall–Kier alpha value is -2.35. The average Bonchev–Trinajstić information content (AvgIpc) is 2.93. The fraction of sp³-hybridized carbons (Fsp3) is 0.231. The van der Waals surface area contributed by atoms with Gasteiger partial charge in [0.05, 0.1) is 16.6 Å². The Morgan fingerprint density at radius 3 is 2.76 bits per heavy atom. The van der Waals surface area contributed by atoms with Gasteiger partial charge in [0.1, 0.15) is 17.8 Å². The van der Waals surface area contributed by atoms with Gasteiger partial charge in [-0.25, -0.2) is 18.4 Å². The van der Waals surface area contributed by atoms with Gasteiger partial charge in [-0.2, -0.15) is 0 Å². The molecule has 1 aromatic carbocycles. The summed E-state index contributed by atoms with van der Waals surface area (Å²) >= 11 is 0. The van der Waals surface area contributed by atoms with E-state index in [2.05, 4.69) is 9.97 Å². The fourth-order valence-corrected chi connectivity index (χ4v) is 3.04. The van der Waals surface area contributed by atoms with Gasteiger partial charge in [0.15, 0.2) is 9.84 Å². The minimum absolute atomic E-state index is 0.161. The quantitative estimate of drug-likeness (QED) is 0.783. The molecule has 3 rings (SSSR count). The number of aryl methyl sites for hydroxylation is 1. The maximum atomic E-state index is 11.8. The van der Waals surface area contributed by atoms with Crippen LogP contribution in [-0.4, -0.2) is 29.2 Å². The second-order valence-corrected chi connectivity index (χ2v) is 6.80. The van der Waals surface area contributed by atoms with Crippen LogP contribution in [0.1, 0.15) is 11.7 Å². The van der Waals surface area contributed by atoms with Gasteiger partial charge >= 0.3 is 0 Å². The number of para-hydroxylation sites is 1. The minimum Gasteiger partial charge on any atom is -0.444 e. The molecule has 0 radical (unpaired) electrons. The number of aromatic nitrogens is 3. The SMILES string of the molecule is Cc1cnc(Cn2c(N)nc3c(S(C)(=O)=O)cccc32)o1. The number of oxazole rings is 1. The number of nitrogens with zero attached hydrogens (tertiary/aromatic N) is 3. The first-order chi connectivity index (χ1) is 9.86. The fourth-order valence-electron chi connectivity index (χ4n) is 2.21. The summed E-state index contributed by atoms with van der Waals surface area (Å²) in [5.41, 5.74) is 6.90. The van der Waals surface area contributed by atoms with E-state index in [-0.39, 0.29) is 10.8 Å². The number of imidazole rings is 1. The van der Waals surface area contributed by atoms with Gasteiger partial charge in [0, 0.05) is 6.26 Å². The summed E-state index contributed by atoms with van der Waals surface area (Å²) < 4.78 is 30.7. The molecule has 7 nitrogen and oxygen atoms in total. The lowest BCUT2D eigenvalue weighted by Gasteiger charge is -2.04. The van der Waals surface area contributed by atoms with E-state index in [4.69, 9.17) is 10.2 Å². The molecule has 0 spiro atoms. The molecule has 8 heteroatoms. The highest BCUT2D eigenvalue weighted by Gasteiger charge is 2.18. The smallest absolute Gasteiger partial charge is 0.214 e. The monoisotopic (exact) mass is 306 g/mol. The third kappa shape index (κ3) is 2.38. The first kappa shape index (κ1) is 13.6. The van der Waals surface area contributed by atoms with E-state index >= 15 is 0 Å². The number of hydrogen-bond donors (Lipinski definition) is 1. The number of hydrogen-bond acceptors (Lipinski definition) is 6. The molecule has 0 amide bonds. The molecule has 0 unspecified atom stereocenters. The standard InChI is InChI=1S/C13H14N4O3S/c1-8-6-15-11(20-8)7-17-9-4-3-5-10(21(2,18)19)12(9)16-13(17)14/h3-6H,7H2,1-2H3,(H2,14,16). The maximum absolute atomic E-state index is 11.8. The van der Waals surface area contributed by atoms with Crippen molar-refractivity contribution >= 4 is 26.8 Å². The normalized spacial score (nSPS) is 12.1. The number of fused-ring (bicyclic) bond motifs is 1. The van der Waals surface area contributed by atoms with Gasteiger partial charge < -0.3 is 14.7 Å². The zero-order chi connectivity index (χ0) is 15.2. The summed E-state index contributed by atoms with van der Waals surface area (Å²) in [5.74, 6) is 1.41. The van der Waals surface area contributed by atoms with Gasteiger partial charge in [-0.1, -0.05) is 6.07 Å². The van der Waals surface area contributed by atoms with Gasteiger partial charge in [0.25, 0.3) is 0 Å². The van der Waals surface area contributed by atoms with Gasteiger partial charge in [0.2, 0.25) is 11.8 Å². The minimum atomic E-state index is -3.37. The third-order valence-electron chi connectivity index (χ3n) is 3.13. The van der Waals surface area contributed by atoms with Crippen molar-refractivity contribution in [1.82, 2.24) is 14.5 Å².